The minimum atomic E-state index is -3.86. The number of esters is 1. The van der Waals surface area contributed by atoms with Gasteiger partial charge in [0.25, 0.3) is 0 Å². The number of aryl methyl sites for hydroxylation is 3. The number of hydrogen-bond acceptors (Lipinski definition) is 6. The number of nitrogens with zero attached hydrogens (tertiary/aromatic N) is 2. The van der Waals surface area contributed by atoms with Crippen LogP contribution in [-0.2, 0) is 39.4 Å². The Kier molecular flexibility index (Phi) is 9.88. The third-order valence-corrected chi connectivity index (χ3v) is 7.02. The lowest BCUT2D eigenvalue weighted by molar-refractivity contribution is -0.157. The summed E-state index contributed by atoms with van der Waals surface area (Å²) in [5, 5.41) is 0. The highest BCUT2D eigenvalue weighted by Gasteiger charge is 2.29. The van der Waals surface area contributed by atoms with E-state index in [4.69, 9.17) is 9.47 Å². The molecule has 1 heterocycles. The van der Waals surface area contributed by atoms with Crippen molar-refractivity contribution in [3.8, 4) is 5.75 Å². The molecule has 0 fully saturated rings. The fourth-order valence-corrected chi connectivity index (χ4v) is 4.99. The molecule has 1 aromatic heterocycles. The van der Waals surface area contributed by atoms with Gasteiger partial charge in [-0.2, -0.15) is 4.72 Å². The number of benzene rings is 2. The van der Waals surface area contributed by atoms with Gasteiger partial charge in [-0.05, 0) is 82.7 Å². The maximum absolute atomic E-state index is 12.8. The summed E-state index contributed by atoms with van der Waals surface area (Å²) in [6.07, 6.45) is 7.15. The summed E-state index contributed by atoms with van der Waals surface area (Å²) in [7, 11) is -1.91. The molecule has 3 aromatic rings. The van der Waals surface area contributed by atoms with Crippen molar-refractivity contribution in [1.82, 2.24) is 14.3 Å². The maximum atomic E-state index is 12.8. The number of aromatic nitrogens is 2. The molecule has 0 spiro atoms. The summed E-state index contributed by atoms with van der Waals surface area (Å²) in [6, 6.07) is 14.9. The van der Waals surface area contributed by atoms with Crippen molar-refractivity contribution in [1.29, 1.82) is 0 Å². The zero-order valence-electron chi connectivity index (χ0n) is 22.0. The first-order valence-electron chi connectivity index (χ1n) is 12.5. The predicted octanol–water partition coefficient (Wildman–Crippen LogP) is 4.44. The number of carbonyl (C=O) groups excluding carboxylic acids is 1. The van der Waals surface area contributed by atoms with E-state index in [1.165, 1.54) is 12.1 Å². The molecular weight excluding hydrogens is 490 g/mol. The van der Waals surface area contributed by atoms with Crippen molar-refractivity contribution in [3.05, 3.63) is 78.4 Å². The number of hydrogen-bond donors (Lipinski definition) is 1. The van der Waals surface area contributed by atoms with Crippen LogP contribution in [0.4, 0.5) is 0 Å². The van der Waals surface area contributed by atoms with Crippen LogP contribution in [0.5, 0.6) is 5.75 Å². The van der Waals surface area contributed by atoms with E-state index in [0.29, 0.717) is 25.9 Å². The van der Waals surface area contributed by atoms with Crippen molar-refractivity contribution in [2.24, 2.45) is 7.05 Å². The van der Waals surface area contributed by atoms with E-state index in [0.717, 1.165) is 29.8 Å². The zero-order valence-corrected chi connectivity index (χ0v) is 22.8. The fourth-order valence-electron chi connectivity index (χ4n) is 3.75. The molecule has 37 heavy (non-hydrogen) atoms. The molecule has 0 bridgehead atoms. The molecule has 0 aliphatic carbocycles. The summed E-state index contributed by atoms with van der Waals surface area (Å²) in [4.78, 5) is 17.2. The van der Waals surface area contributed by atoms with Gasteiger partial charge in [0.1, 0.15) is 17.4 Å². The summed E-state index contributed by atoms with van der Waals surface area (Å²) < 4.78 is 41.5. The molecule has 0 amide bonds. The van der Waals surface area contributed by atoms with Crippen LogP contribution in [0, 0.1) is 0 Å². The summed E-state index contributed by atoms with van der Waals surface area (Å²) in [5.74, 6) is 0.216. The van der Waals surface area contributed by atoms with E-state index < -0.39 is 27.6 Å². The van der Waals surface area contributed by atoms with Crippen LogP contribution < -0.4 is 9.46 Å². The number of carbonyl (C=O) groups is 1. The third kappa shape index (κ3) is 9.66. The minimum absolute atomic E-state index is 0.110. The van der Waals surface area contributed by atoms with E-state index >= 15 is 0 Å². The molecule has 1 unspecified atom stereocenters. The van der Waals surface area contributed by atoms with Crippen LogP contribution >= 0.6 is 0 Å². The Bertz CT molecular complexity index is 1230. The van der Waals surface area contributed by atoms with Crippen LogP contribution in [0.2, 0.25) is 0 Å². The summed E-state index contributed by atoms with van der Waals surface area (Å²) in [5.41, 5.74) is 1.41. The van der Waals surface area contributed by atoms with Crippen LogP contribution in [0.3, 0.4) is 0 Å². The summed E-state index contributed by atoms with van der Waals surface area (Å²) in [6.45, 7) is 5.89. The predicted molar refractivity (Wildman–Crippen MR) is 143 cm³/mol. The lowest BCUT2D eigenvalue weighted by Crippen LogP contribution is -2.44. The van der Waals surface area contributed by atoms with Crippen molar-refractivity contribution >= 4 is 16.0 Å². The van der Waals surface area contributed by atoms with Crippen molar-refractivity contribution in [2.45, 2.75) is 69.4 Å². The lowest BCUT2D eigenvalue weighted by Gasteiger charge is -2.24. The lowest BCUT2D eigenvalue weighted by atomic mass is 10.0. The van der Waals surface area contributed by atoms with Gasteiger partial charge in [-0.15, -0.1) is 0 Å². The maximum Gasteiger partial charge on any atom is 0.324 e. The Morgan fingerprint density at radius 1 is 1.03 bits per heavy atom. The highest BCUT2D eigenvalue weighted by atomic mass is 32.2. The van der Waals surface area contributed by atoms with Gasteiger partial charge in [0.15, 0.2) is 0 Å². The van der Waals surface area contributed by atoms with Crippen molar-refractivity contribution in [2.75, 3.05) is 6.61 Å². The molecular formula is C28H37N3O5S. The highest BCUT2D eigenvalue weighted by molar-refractivity contribution is 7.89. The van der Waals surface area contributed by atoms with Gasteiger partial charge in [-0.1, -0.05) is 30.3 Å². The van der Waals surface area contributed by atoms with Crippen molar-refractivity contribution < 1.29 is 22.7 Å². The molecule has 0 radical (unpaired) electrons. The first-order valence-corrected chi connectivity index (χ1v) is 14.0. The van der Waals surface area contributed by atoms with Gasteiger partial charge in [0.2, 0.25) is 10.0 Å². The molecule has 3 rings (SSSR count). The third-order valence-electron chi connectivity index (χ3n) is 5.53. The van der Waals surface area contributed by atoms with Crippen molar-refractivity contribution in [3.63, 3.8) is 0 Å². The normalized spacial score (nSPS) is 12.8. The molecule has 1 atom stereocenters. The Morgan fingerprint density at radius 3 is 2.35 bits per heavy atom. The molecule has 200 valence electrons. The molecule has 0 aliphatic rings. The van der Waals surface area contributed by atoms with Gasteiger partial charge < -0.3 is 14.0 Å². The number of rotatable bonds is 13. The monoisotopic (exact) mass is 527 g/mol. The Hall–Kier alpha value is -3.17. The smallest absolute Gasteiger partial charge is 0.324 e. The van der Waals surface area contributed by atoms with Crippen LogP contribution in [0.1, 0.15) is 51.3 Å². The Balaban J connectivity index is 1.51. The second-order valence-corrected chi connectivity index (χ2v) is 11.8. The highest BCUT2D eigenvalue weighted by Crippen LogP contribution is 2.18. The number of nitrogens with one attached hydrogen (secondary N) is 1. The Morgan fingerprint density at radius 2 is 1.73 bits per heavy atom. The van der Waals surface area contributed by atoms with E-state index in [1.807, 2.05) is 42.1 Å². The van der Waals surface area contributed by atoms with Crippen LogP contribution in [0.15, 0.2) is 72.0 Å². The zero-order chi connectivity index (χ0) is 26.9. The first-order chi connectivity index (χ1) is 17.5. The van der Waals surface area contributed by atoms with Gasteiger partial charge >= 0.3 is 5.97 Å². The fraction of sp³-hybridized carbons (Fsp3) is 0.429. The summed E-state index contributed by atoms with van der Waals surface area (Å²) >= 11 is 0. The van der Waals surface area contributed by atoms with Gasteiger partial charge in [-0.3, -0.25) is 4.79 Å². The molecule has 0 saturated carbocycles. The topological polar surface area (TPSA) is 99.5 Å². The van der Waals surface area contributed by atoms with E-state index in [1.54, 1.807) is 45.3 Å². The molecule has 8 nitrogen and oxygen atoms in total. The van der Waals surface area contributed by atoms with Crippen LogP contribution in [0.25, 0.3) is 0 Å². The largest absolute Gasteiger partial charge is 0.494 e. The second kappa shape index (κ2) is 12.9. The van der Waals surface area contributed by atoms with Gasteiger partial charge in [0.05, 0.1) is 23.5 Å². The Labute approximate surface area is 220 Å². The first kappa shape index (κ1) is 28.4. The minimum Gasteiger partial charge on any atom is -0.494 e. The second-order valence-electron chi connectivity index (χ2n) is 10.0. The number of imidazole rings is 1. The average molecular weight is 528 g/mol. The van der Waals surface area contributed by atoms with Crippen LogP contribution in [-0.4, -0.2) is 42.2 Å². The number of ether oxygens (including phenoxy) is 2. The molecule has 1 N–H and O–H groups in total. The quantitative estimate of drug-likeness (QED) is 0.261. The van der Waals surface area contributed by atoms with E-state index in [2.05, 4.69) is 9.71 Å². The molecule has 0 aliphatic heterocycles. The van der Waals surface area contributed by atoms with Gasteiger partial charge in [-0.25, -0.2) is 13.4 Å². The number of sulfonamides is 1. The molecule has 0 saturated heterocycles. The van der Waals surface area contributed by atoms with E-state index in [-0.39, 0.29) is 4.90 Å². The SMILES string of the molecule is Cn1cnc(CCCOc2ccc(CCCC(NS(=O)(=O)c3ccccc3)C(=O)OC(C)(C)C)cc2)c1. The average Bonchev–Trinajstić information content (AvgIpc) is 3.26. The standard InChI is InChI=1S/C28H37N3O5S/c1-28(2,3)36-27(32)26(30-37(33,34)25-12-6-5-7-13-25)14-8-10-22-15-17-24(18-16-22)35-19-9-11-23-20-31(4)21-29-23/h5-7,12-13,15-18,20-21,26,30H,8-11,14,19H2,1-4H3. The molecule has 2 aromatic carbocycles. The molecule has 9 heteroatoms. The van der Waals surface area contributed by atoms with Gasteiger partial charge in [0, 0.05) is 13.2 Å². The van der Waals surface area contributed by atoms with E-state index in [9.17, 15) is 13.2 Å².